The molecular weight excluding hydrogens is 297 g/mol. The van der Waals surface area contributed by atoms with E-state index in [4.69, 9.17) is 14.2 Å². The van der Waals surface area contributed by atoms with Gasteiger partial charge in [-0.2, -0.15) is 0 Å². The molecular formula is C16H23F3O3. The molecule has 1 atom stereocenters. The van der Waals surface area contributed by atoms with Crippen LogP contribution in [0, 0.1) is 23.4 Å². The van der Waals surface area contributed by atoms with Crippen molar-refractivity contribution in [2.75, 3.05) is 19.8 Å². The Morgan fingerprint density at radius 2 is 1.32 bits per heavy atom. The van der Waals surface area contributed by atoms with Crippen molar-refractivity contribution in [2.24, 2.45) is 5.92 Å². The molecule has 0 bridgehead atoms. The van der Waals surface area contributed by atoms with Gasteiger partial charge in [-0.15, -0.1) is 0 Å². The fourth-order valence-corrected chi connectivity index (χ4v) is 2.35. The molecule has 0 aliphatic rings. The van der Waals surface area contributed by atoms with Crippen molar-refractivity contribution in [1.82, 2.24) is 0 Å². The van der Waals surface area contributed by atoms with E-state index >= 15 is 0 Å². The zero-order chi connectivity index (χ0) is 16.8. The van der Waals surface area contributed by atoms with Crippen LogP contribution in [0.25, 0.3) is 0 Å². The summed E-state index contributed by atoms with van der Waals surface area (Å²) >= 11 is 0. The second-order valence-electron chi connectivity index (χ2n) is 4.86. The molecule has 0 spiro atoms. The Morgan fingerprint density at radius 1 is 0.909 bits per heavy atom. The van der Waals surface area contributed by atoms with Crippen molar-refractivity contribution >= 4 is 0 Å². The molecule has 0 aliphatic carbocycles. The summed E-state index contributed by atoms with van der Waals surface area (Å²) < 4.78 is 57.4. The third-order valence-electron chi connectivity index (χ3n) is 3.26. The van der Waals surface area contributed by atoms with E-state index in [9.17, 15) is 13.2 Å². The van der Waals surface area contributed by atoms with Crippen LogP contribution in [0.1, 0.15) is 33.3 Å². The van der Waals surface area contributed by atoms with E-state index in [0.717, 1.165) is 0 Å². The first-order valence-electron chi connectivity index (χ1n) is 7.45. The van der Waals surface area contributed by atoms with Crippen LogP contribution in [0.2, 0.25) is 0 Å². The normalized spacial score (nSPS) is 13.4. The maximum absolute atomic E-state index is 13.8. The summed E-state index contributed by atoms with van der Waals surface area (Å²) in [5.41, 5.74) is -0.211. The van der Waals surface area contributed by atoms with Crippen molar-refractivity contribution in [2.45, 2.75) is 40.1 Å². The third kappa shape index (κ3) is 4.44. The van der Waals surface area contributed by atoms with Gasteiger partial charge >= 0.3 is 0 Å². The Balaban J connectivity index is 3.07. The highest BCUT2D eigenvalue weighted by Gasteiger charge is 2.40. The Bertz CT molecular complexity index is 440. The Hall–Kier alpha value is -1.11. The molecule has 126 valence electrons. The molecule has 0 fully saturated rings. The van der Waals surface area contributed by atoms with Gasteiger partial charge in [0, 0.05) is 43.4 Å². The highest BCUT2D eigenvalue weighted by Crippen LogP contribution is 2.30. The van der Waals surface area contributed by atoms with Crippen LogP contribution < -0.4 is 0 Å². The smallest absolute Gasteiger partial charge is 0.285 e. The van der Waals surface area contributed by atoms with Crippen LogP contribution in [0.5, 0.6) is 0 Å². The van der Waals surface area contributed by atoms with Crippen LogP contribution in [0.15, 0.2) is 12.1 Å². The zero-order valence-electron chi connectivity index (χ0n) is 13.4. The van der Waals surface area contributed by atoms with Gasteiger partial charge in [-0.3, -0.25) is 0 Å². The molecule has 3 nitrogen and oxygen atoms in total. The van der Waals surface area contributed by atoms with Gasteiger partial charge in [-0.05, 0) is 27.2 Å². The number of ether oxygens (including phenoxy) is 3. The maximum Gasteiger partial charge on any atom is 0.285 e. The van der Waals surface area contributed by atoms with E-state index in [1.54, 1.807) is 27.7 Å². The quantitative estimate of drug-likeness (QED) is 0.643. The third-order valence-corrected chi connectivity index (χ3v) is 3.26. The van der Waals surface area contributed by atoms with Gasteiger partial charge in [0.15, 0.2) is 0 Å². The predicted molar refractivity (Wildman–Crippen MR) is 76.8 cm³/mol. The molecule has 0 saturated carbocycles. The highest BCUT2D eigenvalue weighted by atomic mass is 19.1. The summed E-state index contributed by atoms with van der Waals surface area (Å²) in [7, 11) is 0. The minimum atomic E-state index is -1.38. The number of halogens is 3. The average molecular weight is 320 g/mol. The van der Waals surface area contributed by atoms with E-state index in [0.29, 0.717) is 32.0 Å². The molecule has 0 saturated heterocycles. The van der Waals surface area contributed by atoms with Crippen LogP contribution in [0.4, 0.5) is 13.2 Å². The lowest BCUT2D eigenvalue weighted by atomic mass is 9.97. The van der Waals surface area contributed by atoms with Gasteiger partial charge in [0.2, 0.25) is 0 Å². The molecule has 6 heteroatoms. The standard InChI is InChI=1S/C16H23F3O3/c1-5-20-16(21-6-2,22-7-3)11(4)8-13-14(18)9-12(17)10-15(13)19/h9-11H,5-8H2,1-4H3. The number of hydrogen-bond acceptors (Lipinski definition) is 3. The predicted octanol–water partition coefficient (Wildman–Crippen LogP) is 4.05. The van der Waals surface area contributed by atoms with Crippen molar-refractivity contribution in [3.8, 4) is 0 Å². The molecule has 1 unspecified atom stereocenters. The van der Waals surface area contributed by atoms with Crippen molar-refractivity contribution in [1.29, 1.82) is 0 Å². The topological polar surface area (TPSA) is 27.7 Å². The highest BCUT2D eigenvalue weighted by molar-refractivity contribution is 5.21. The van der Waals surface area contributed by atoms with Crippen LogP contribution >= 0.6 is 0 Å². The molecule has 0 amide bonds. The molecule has 1 aromatic rings. The average Bonchev–Trinajstić information content (AvgIpc) is 2.43. The second-order valence-corrected chi connectivity index (χ2v) is 4.86. The molecule has 1 aromatic carbocycles. The largest absolute Gasteiger partial charge is 0.328 e. The van der Waals surface area contributed by atoms with Crippen molar-refractivity contribution in [3.63, 3.8) is 0 Å². The van der Waals surface area contributed by atoms with Crippen LogP contribution in [-0.4, -0.2) is 25.8 Å². The molecule has 22 heavy (non-hydrogen) atoms. The van der Waals surface area contributed by atoms with E-state index in [1.165, 1.54) is 0 Å². The molecule has 0 aromatic heterocycles. The van der Waals surface area contributed by atoms with Gasteiger partial charge in [0.25, 0.3) is 5.97 Å². The minimum Gasteiger partial charge on any atom is -0.328 e. The summed E-state index contributed by atoms with van der Waals surface area (Å²) in [6.07, 6.45) is -0.0437. The zero-order valence-corrected chi connectivity index (χ0v) is 13.4. The summed E-state index contributed by atoms with van der Waals surface area (Å²) in [5.74, 6) is -4.68. The summed E-state index contributed by atoms with van der Waals surface area (Å²) in [5, 5.41) is 0. The van der Waals surface area contributed by atoms with Crippen LogP contribution in [-0.2, 0) is 20.6 Å². The number of benzene rings is 1. The first-order chi connectivity index (χ1) is 10.4. The van der Waals surface area contributed by atoms with Crippen molar-refractivity contribution < 1.29 is 27.4 Å². The number of rotatable bonds is 9. The second kappa shape index (κ2) is 8.50. The fourth-order valence-electron chi connectivity index (χ4n) is 2.35. The van der Waals surface area contributed by atoms with Gasteiger partial charge in [-0.25, -0.2) is 13.2 Å². The lowest BCUT2D eigenvalue weighted by Gasteiger charge is -2.37. The summed E-state index contributed by atoms with van der Waals surface area (Å²) in [6, 6.07) is 1.32. The summed E-state index contributed by atoms with van der Waals surface area (Å²) in [4.78, 5) is 0. The Morgan fingerprint density at radius 3 is 1.68 bits per heavy atom. The first kappa shape index (κ1) is 18.9. The lowest BCUT2D eigenvalue weighted by molar-refractivity contribution is -0.399. The van der Waals surface area contributed by atoms with E-state index in [1.807, 2.05) is 0 Å². The van der Waals surface area contributed by atoms with Gasteiger partial charge in [0.05, 0.1) is 0 Å². The first-order valence-corrected chi connectivity index (χ1v) is 7.45. The van der Waals surface area contributed by atoms with Gasteiger partial charge in [0.1, 0.15) is 17.5 Å². The molecule has 0 heterocycles. The Kier molecular flexibility index (Phi) is 7.32. The van der Waals surface area contributed by atoms with Crippen molar-refractivity contribution in [3.05, 3.63) is 35.1 Å². The molecule has 0 N–H and O–H groups in total. The summed E-state index contributed by atoms with van der Waals surface area (Å²) in [6.45, 7) is 8.00. The van der Waals surface area contributed by atoms with E-state index < -0.39 is 29.3 Å². The monoisotopic (exact) mass is 320 g/mol. The molecule has 0 aliphatic heterocycles. The van der Waals surface area contributed by atoms with E-state index in [2.05, 4.69) is 0 Å². The molecule has 1 rings (SSSR count). The maximum atomic E-state index is 13.8. The minimum absolute atomic E-state index is 0.0437. The van der Waals surface area contributed by atoms with Gasteiger partial charge in [-0.1, -0.05) is 6.92 Å². The molecule has 0 radical (unpaired) electrons. The van der Waals surface area contributed by atoms with Crippen LogP contribution in [0.3, 0.4) is 0 Å². The van der Waals surface area contributed by atoms with Gasteiger partial charge < -0.3 is 14.2 Å². The number of hydrogen-bond donors (Lipinski definition) is 0. The van der Waals surface area contributed by atoms with E-state index in [-0.39, 0.29) is 12.0 Å². The SMILES string of the molecule is CCOC(OCC)(OCC)C(C)Cc1c(F)cc(F)cc1F. The Labute approximate surface area is 129 Å². The fraction of sp³-hybridized carbons (Fsp3) is 0.625. The lowest BCUT2D eigenvalue weighted by Crippen LogP contribution is -2.46.